The highest BCUT2D eigenvalue weighted by Crippen LogP contribution is 2.45. The van der Waals surface area contributed by atoms with E-state index in [9.17, 15) is 9.59 Å². The van der Waals surface area contributed by atoms with Crippen LogP contribution >= 0.6 is 11.3 Å². The van der Waals surface area contributed by atoms with Crippen molar-refractivity contribution in [1.82, 2.24) is 14.4 Å². The van der Waals surface area contributed by atoms with Crippen molar-refractivity contribution in [1.29, 1.82) is 0 Å². The number of hydrogen-bond donors (Lipinski definition) is 0. The molecule has 3 heterocycles. The summed E-state index contributed by atoms with van der Waals surface area (Å²) >= 11 is 1.62. The van der Waals surface area contributed by atoms with Crippen molar-refractivity contribution in [3.05, 3.63) is 33.7 Å². The van der Waals surface area contributed by atoms with Crippen molar-refractivity contribution in [2.24, 2.45) is 0 Å². The van der Waals surface area contributed by atoms with Gasteiger partial charge in [0.15, 0.2) is 5.78 Å². The average molecular weight is 367 g/mol. The SMILES string of the molecule is CN(C)CCn1c2ccc3c(c2c2c4c(sc21)C(=O)N(C)C4)CCC3=O. The summed E-state index contributed by atoms with van der Waals surface area (Å²) in [5.41, 5.74) is 4.41. The number of aryl methyl sites for hydroxylation is 1. The summed E-state index contributed by atoms with van der Waals surface area (Å²) in [6.45, 7) is 2.48. The fourth-order valence-electron chi connectivity index (χ4n) is 4.37. The van der Waals surface area contributed by atoms with Crippen LogP contribution in [0.5, 0.6) is 0 Å². The van der Waals surface area contributed by atoms with Crippen LogP contribution in [0.1, 0.15) is 37.6 Å². The van der Waals surface area contributed by atoms with E-state index < -0.39 is 0 Å². The predicted octanol–water partition coefficient (Wildman–Crippen LogP) is 3.13. The zero-order valence-corrected chi connectivity index (χ0v) is 16.1. The van der Waals surface area contributed by atoms with E-state index in [2.05, 4.69) is 29.6 Å². The lowest BCUT2D eigenvalue weighted by Gasteiger charge is -2.12. The molecule has 0 saturated carbocycles. The second-order valence-electron chi connectivity index (χ2n) is 7.61. The van der Waals surface area contributed by atoms with Crippen molar-refractivity contribution in [3.8, 4) is 0 Å². The van der Waals surface area contributed by atoms with Crippen LogP contribution in [0.3, 0.4) is 0 Å². The van der Waals surface area contributed by atoms with Crippen LogP contribution in [0.4, 0.5) is 0 Å². The molecule has 1 aromatic carbocycles. The molecule has 2 aromatic heterocycles. The summed E-state index contributed by atoms with van der Waals surface area (Å²) in [5.74, 6) is 0.369. The van der Waals surface area contributed by atoms with E-state index in [-0.39, 0.29) is 11.7 Å². The molecule has 0 bridgehead atoms. The van der Waals surface area contributed by atoms with Crippen LogP contribution in [0, 0.1) is 0 Å². The molecule has 1 aliphatic carbocycles. The third-order valence-electron chi connectivity index (χ3n) is 5.67. The number of carbonyl (C=O) groups is 2. The van der Waals surface area contributed by atoms with Gasteiger partial charge in [-0.15, -0.1) is 11.3 Å². The van der Waals surface area contributed by atoms with Gasteiger partial charge in [0.05, 0.1) is 10.4 Å². The lowest BCUT2D eigenvalue weighted by atomic mass is 10.0. The van der Waals surface area contributed by atoms with Crippen LogP contribution in [0.25, 0.3) is 21.1 Å². The van der Waals surface area contributed by atoms with Gasteiger partial charge in [0.25, 0.3) is 5.91 Å². The van der Waals surface area contributed by atoms with Gasteiger partial charge in [0, 0.05) is 55.0 Å². The van der Waals surface area contributed by atoms with Gasteiger partial charge in [-0.25, -0.2) is 0 Å². The minimum Gasteiger partial charge on any atom is -0.337 e. The minimum atomic E-state index is 0.122. The number of rotatable bonds is 3. The number of thiophene rings is 1. The van der Waals surface area contributed by atoms with Crippen molar-refractivity contribution >= 4 is 44.1 Å². The second kappa shape index (κ2) is 5.41. The topological polar surface area (TPSA) is 45.6 Å². The summed E-state index contributed by atoms with van der Waals surface area (Å²) in [5, 5.41) is 2.42. The minimum absolute atomic E-state index is 0.122. The Balaban J connectivity index is 1.86. The Morgan fingerprint density at radius 1 is 1.12 bits per heavy atom. The van der Waals surface area contributed by atoms with E-state index in [1.807, 2.05) is 13.1 Å². The maximum atomic E-state index is 12.5. The van der Waals surface area contributed by atoms with Crippen LogP contribution in [0.15, 0.2) is 12.1 Å². The predicted molar refractivity (Wildman–Crippen MR) is 104 cm³/mol. The Kier molecular flexibility index (Phi) is 3.33. The van der Waals surface area contributed by atoms with E-state index >= 15 is 0 Å². The molecule has 2 aliphatic rings. The molecule has 0 fully saturated rings. The highest BCUT2D eigenvalue weighted by Gasteiger charge is 2.34. The number of Topliss-reactive ketones (excluding diaryl/α,β-unsaturated/α-hetero) is 1. The monoisotopic (exact) mass is 367 g/mol. The molecular weight excluding hydrogens is 346 g/mol. The maximum absolute atomic E-state index is 12.5. The number of nitrogens with zero attached hydrogens (tertiary/aromatic N) is 3. The lowest BCUT2D eigenvalue weighted by molar-refractivity contribution is 0.0819. The zero-order valence-electron chi connectivity index (χ0n) is 15.3. The Hall–Kier alpha value is -2.18. The average Bonchev–Trinajstić information content (AvgIpc) is 3.29. The van der Waals surface area contributed by atoms with Crippen LogP contribution in [-0.2, 0) is 19.5 Å². The second-order valence-corrected chi connectivity index (χ2v) is 8.61. The van der Waals surface area contributed by atoms with Crippen molar-refractivity contribution in [2.45, 2.75) is 25.9 Å². The molecule has 5 rings (SSSR count). The Labute approximate surface area is 155 Å². The van der Waals surface area contributed by atoms with E-state index in [0.29, 0.717) is 13.0 Å². The van der Waals surface area contributed by atoms with Gasteiger partial charge in [0.1, 0.15) is 4.83 Å². The first-order valence-corrected chi connectivity index (χ1v) is 9.82. The van der Waals surface area contributed by atoms with E-state index in [1.165, 1.54) is 26.7 Å². The smallest absolute Gasteiger partial charge is 0.264 e. The number of likely N-dealkylation sites (N-methyl/N-ethyl adjacent to an activating group) is 1. The summed E-state index contributed by atoms with van der Waals surface area (Å²) < 4.78 is 2.35. The fraction of sp³-hybridized carbons (Fsp3) is 0.400. The maximum Gasteiger partial charge on any atom is 0.264 e. The van der Waals surface area contributed by atoms with Gasteiger partial charge in [-0.3, -0.25) is 9.59 Å². The summed E-state index contributed by atoms with van der Waals surface area (Å²) in [4.78, 5) is 30.8. The molecule has 0 N–H and O–H groups in total. The highest BCUT2D eigenvalue weighted by molar-refractivity contribution is 7.21. The summed E-state index contributed by atoms with van der Waals surface area (Å²) in [7, 11) is 6.01. The first kappa shape index (κ1) is 16.0. The van der Waals surface area contributed by atoms with Crippen molar-refractivity contribution in [2.75, 3.05) is 27.7 Å². The van der Waals surface area contributed by atoms with Crippen LogP contribution in [-0.4, -0.2) is 53.7 Å². The molecule has 0 spiro atoms. The van der Waals surface area contributed by atoms with Crippen LogP contribution in [0.2, 0.25) is 0 Å². The molecule has 0 saturated heterocycles. The molecule has 0 unspecified atom stereocenters. The molecule has 1 amide bonds. The molecule has 1 aliphatic heterocycles. The highest BCUT2D eigenvalue weighted by atomic mass is 32.1. The van der Waals surface area contributed by atoms with Crippen LogP contribution < -0.4 is 0 Å². The number of carbonyl (C=O) groups excluding carboxylic acids is 2. The molecule has 3 aromatic rings. The summed E-state index contributed by atoms with van der Waals surface area (Å²) in [6, 6.07) is 4.10. The Morgan fingerprint density at radius 3 is 2.69 bits per heavy atom. The molecule has 5 nitrogen and oxygen atoms in total. The largest absolute Gasteiger partial charge is 0.337 e. The first-order valence-electron chi connectivity index (χ1n) is 9.00. The van der Waals surface area contributed by atoms with Gasteiger partial charge in [-0.05, 0) is 38.2 Å². The van der Waals surface area contributed by atoms with Gasteiger partial charge in [0.2, 0.25) is 0 Å². The van der Waals surface area contributed by atoms with E-state index in [4.69, 9.17) is 0 Å². The first-order chi connectivity index (χ1) is 12.5. The molecule has 0 radical (unpaired) electrons. The third-order valence-corrected chi connectivity index (χ3v) is 6.92. The number of benzene rings is 1. The third kappa shape index (κ3) is 2.00. The lowest BCUT2D eigenvalue weighted by Crippen LogP contribution is -2.18. The quantitative estimate of drug-likeness (QED) is 0.714. The van der Waals surface area contributed by atoms with Crippen molar-refractivity contribution in [3.63, 3.8) is 0 Å². The number of hydrogen-bond acceptors (Lipinski definition) is 4. The molecular formula is C20H21N3O2S. The Morgan fingerprint density at radius 2 is 1.92 bits per heavy atom. The van der Waals surface area contributed by atoms with E-state index in [0.717, 1.165) is 35.5 Å². The normalized spacial score (nSPS) is 16.5. The molecule has 26 heavy (non-hydrogen) atoms. The van der Waals surface area contributed by atoms with Gasteiger partial charge < -0.3 is 14.4 Å². The van der Waals surface area contributed by atoms with Gasteiger partial charge in [-0.1, -0.05) is 0 Å². The number of amides is 1. The molecule has 6 heteroatoms. The molecule has 134 valence electrons. The summed E-state index contributed by atoms with van der Waals surface area (Å²) in [6.07, 6.45) is 1.41. The number of ketones is 1. The van der Waals surface area contributed by atoms with E-state index in [1.54, 1.807) is 16.2 Å². The fourth-order valence-corrected chi connectivity index (χ4v) is 5.72. The standard InChI is InChI=1S/C20H21N3O2S/c1-21(2)8-9-23-14-6-4-11-12(5-7-15(11)24)16(14)17-13-10-22(3)19(25)18(13)26-20(17)23/h4,6H,5,7-10H2,1-3H3. The van der Waals surface area contributed by atoms with Gasteiger partial charge >= 0.3 is 0 Å². The molecule has 0 atom stereocenters. The van der Waals surface area contributed by atoms with Gasteiger partial charge in [-0.2, -0.15) is 0 Å². The van der Waals surface area contributed by atoms with Crippen molar-refractivity contribution < 1.29 is 9.59 Å². The number of fused-ring (bicyclic) bond motifs is 7. The number of aromatic nitrogens is 1. The Bertz CT molecular complexity index is 1110. The zero-order chi connectivity index (χ0) is 18.2.